The van der Waals surface area contributed by atoms with E-state index in [2.05, 4.69) is 15.7 Å². The van der Waals surface area contributed by atoms with E-state index in [1.165, 1.54) is 6.26 Å². The molecule has 0 fully saturated rings. The van der Waals surface area contributed by atoms with Crippen LogP contribution < -0.4 is 10.6 Å². The number of hydrogen-bond acceptors (Lipinski definition) is 4. The zero-order valence-corrected chi connectivity index (χ0v) is 13.0. The van der Waals surface area contributed by atoms with Crippen LogP contribution in [-0.2, 0) is 4.79 Å². The fourth-order valence-electron chi connectivity index (χ4n) is 2.15. The van der Waals surface area contributed by atoms with E-state index < -0.39 is 6.04 Å². The van der Waals surface area contributed by atoms with Gasteiger partial charge in [-0.2, -0.15) is 5.10 Å². The lowest BCUT2D eigenvalue weighted by Gasteiger charge is -2.13. The lowest BCUT2D eigenvalue weighted by molar-refractivity contribution is -0.119. The standard InChI is InChI=1S/C17H16N4O3/c1-12(21-9-4-8-18-21)16(22)19-13-5-2-6-14(11-13)20-17(23)15-7-3-10-24-15/h2-12H,1H3,(H,19,22)(H,20,23). The minimum absolute atomic E-state index is 0.201. The van der Waals surface area contributed by atoms with Crippen molar-refractivity contribution in [3.63, 3.8) is 0 Å². The quantitative estimate of drug-likeness (QED) is 0.755. The van der Waals surface area contributed by atoms with Gasteiger partial charge in [-0.3, -0.25) is 14.3 Å². The molecular weight excluding hydrogens is 308 g/mol. The van der Waals surface area contributed by atoms with E-state index in [1.54, 1.807) is 66.5 Å². The molecule has 0 aliphatic carbocycles. The molecule has 0 radical (unpaired) electrons. The van der Waals surface area contributed by atoms with Gasteiger partial charge in [0.1, 0.15) is 6.04 Å². The zero-order chi connectivity index (χ0) is 16.9. The maximum absolute atomic E-state index is 12.3. The topological polar surface area (TPSA) is 89.2 Å². The third kappa shape index (κ3) is 3.52. The van der Waals surface area contributed by atoms with Gasteiger partial charge in [0.2, 0.25) is 5.91 Å². The number of aromatic nitrogens is 2. The molecule has 2 N–H and O–H groups in total. The predicted octanol–water partition coefficient (Wildman–Crippen LogP) is 2.93. The first-order chi connectivity index (χ1) is 11.6. The van der Waals surface area contributed by atoms with Crippen LogP contribution in [0, 0.1) is 0 Å². The van der Waals surface area contributed by atoms with Crippen LogP contribution in [0.4, 0.5) is 11.4 Å². The van der Waals surface area contributed by atoms with Gasteiger partial charge in [0.15, 0.2) is 5.76 Å². The maximum Gasteiger partial charge on any atom is 0.291 e. The van der Waals surface area contributed by atoms with Crippen LogP contribution in [0.3, 0.4) is 0 Å². The van der Waals surface area contributed by atoms with Crippen molar-refractivity contribution >= 4 is 23.2 Å². The van der Waals surface area contributed by atoms with Crippen molar-refractivity contribution in [2.75, 3.05) is 10.6 Å². The first kappa shape index (κ1) is 15.5. The van der Waals surface area contributed by atoms with Gasteiger partial charge in [-0.25, -0.2) is 0 Å². The third-order valence-corrected chi connectivity index (χ3v) is 3.43. The first-order valence-corrected chi connectivity index (χ1v) is 7.38. The number of nitrogens with zero attached hydrogens (tertiary/aromatic N) is 2. The summed E-state index contributed by atoms with van der Waals surface area (Å²) >= 11 is 0. The Morgan fingerprint density at radius 3 is 2.58 bits per heavy atom. The second kappa shape index (κ2) is 6.82. The van der Waals surface area contributed by atoms with Crippen LogP contribution in [0.15, 0.2) is 65.5 Å². The molecule has 1 aromatic carbocycles. The minimum Gasteiger partial charge on any atom is -0.459 e. The van der Waals surface area contributed by atoms with Crippen molar-refractivity contribution < 1.29 is 14.0 Å². The van der Waals surface area contributed by atoms with Crippen LogP contribution in [-0.4, -0.2) is 21.6 Å². The fraction of sp³-hybridized carbons (Fsp3) is 0.118. The second-order valence-electron chi connectivity index (χ2n) is 5.16. The SMILES string of the molecule is CC(C(=O)Nc1cccc(NC(=O)c2ccco2)c1)n1cccn1. The maximum atomic E-state index is 12.3. The summed E-state index contributed by atoms with van der Waals surface area (Å²) in [6.45, 7) is 1.75. The monoisotopic (exact) mass is 324 g/mol. The Morgan fingerprint density at radius 2 is 1.92 bits per heavy atom. The molecule has 0 aliphatic rings. The molecule has 2 heterocycles. The van der Waals surface area contributed by atoms with E-state index in [1.807, 2.05) is 0 Å². The van der Waals surface area contributed by atoms with E-state index in [0.717, 1.165) is 0 Å². The number of benzene rings is 1. The molecule has 0 saturated heterocycles. The molecule has 2 aromatic heterocycles. The molecule has 7 heteroatoms. The number of nitrogens with one attached hydrogen (secondary N) is 2. The highest BCUT2D eigenvalue weighted by atomic mass is 16.3. The Hall–Kier alpha value is -3.35. The number of rotatable bonds is 5. The molecule has 3 rings (SSSR count). The summed E-state index contributed by atoms with van der Waals surface area (Å²) in [7, 11) is 0. The van der Waals surface area contributed by atoms with Gasteiger partial charge in [0, 0.05) is 23.8 Å². The van der Waals surface area contributed by atoms with Crippen LogP contribution in [0.5, 0.6) is 0 Å². The second-order valence-corrected chi connectivity index (χ2v) is 5.16. The van der Waals surface area contributed by atoms with Crippen molar-refractivity contribution in [3.8, 4) is 0 Å². The number of furan rings is 1. The van der Waals surface area contributed by atoms with Gasteiger partial charge in [-0.1, -0.05) is 6.07 Å². The molecule has 0 bridgehead atoms. The van der Waals surface area contributed by atoms with Crippen molar-refractivity contribution in [2.45, 2.75) is 13.0 Å². The first-order valence-electron chi connectivity index (χ1n) is 7.38. The molecule has 2 amide bonds. The molecule has 1 unspecified atom stereocenters. The summed E-state index contributed by atoms with van der Waals surface area (Å²) in [5.74, 6) is -0.335. The summed E-state index contributed by atoms with van der Waals surface area (Å²) in [5, 5.41) is 9.57. The van der Waals surface area contributed by atoms with Crippen LogP contribution in [0.25, 0.3) is 0 Å². The largest absolute Gasteiger partial charge is 0.459 e. The summed E-state index contributed by atoms with van der Waals surface area (Å²) in [4.78, 5) is 24.2. The van der Waals surface area contributed by atoms with Crippen LogP contribution in [0.1, 0.15) is 23.5 Å². The van der Waals surface area contributed by atoms with E-state index >= 15 is 0 Å². The molecule has 24 heavy (non-hydrogen) atoms. The normalized spacial score (nSPS) is 11.7. The lowest BCUT2D eigenvalue weighted by Crippen LogP contribution is -2.24. The van der Waals surface area contributed by atoms with Crippen LogP contribution >= 0.6 is 0 Å². The zero-order valence-electron chi connectivity index (χ0n) is 13.0. The fourth-order valence-corrected chi connectivity index (χ4v) is 2.15. The van der Waals surface area contributed by atoms with Gasteiger partial charge >= 0.3 is 0 Å². The molecule has 1 atom stereocenters. The van der Waals surface area contributed by atoms with Gasteiger partial charge in [-0.15, -0.1) is 0 Å². The van der Waals surface area contributed by atoms with Gasteiger partial charge in [0.05, 0.1) is 6.26 Å². The Morgan fingerprint density at radius 1 is 1.12 bits per heavy atom. The molecule has 0 spiro atoms. The number of hydrogen-bond donors (Lipinski definition) is 2. The van der Waals surface area contributed by atoms with Crippen molar-refractivity contribution in [3.05, 3.63) is 66.9 Å². The number of carbonyl (C=O) groups is 2. The highest BCUT2D eigenvalue weighted by molar-refractivity contribution is 6.02. The molecule has 3 aromatic rings. The Bertz CT molecular complexity index is 825. The highest BCUT2D eigenvalue weighted by Crippen LogP contribution is 2.18. The van der Waals surface area contributed by atoms with E-state index in [9.17, 15) is 9.59 Å². The predicted molar refractivity (Wildman–Crippen MR) is 88.7 cm³/mol. The van der Waals surface area contributed by atoms with E-state index in [0.29, 0.717) is 11.4 Å². The van der Waals surface area contributed by atoms with Crippen molar-refractivity contribution in [2.24, 2.45) is 0 Å². The van der Waals surface area contributed by atoms with Gasteiger partial charge in [0.25, 0.3) is 5.91 Å². The number of amides is 2. The number of anilines is 2. The molecule has 0 saturated carbocycles. The minimum atomic E-state index is -0.443. The van der Waals surface area contributed by atoms with Crippen molar-refractivity contribution in [1.29, 1.82) is 0 Å². The van der Waals surface area contributed by atoms with Crippen molar-refractivity contribution in [1.82, 2.24) is 9.78 Å². The molecule has 7 nitrogen and oxygen atoms in total. The smallest absolute Gasteiger partial charge is 0.291 e. The summed E-state index contributed by atoms with van der Waals surface area (Å²) in [6, 6.07) is 11.4. The highest BCUT2D eigenvalue weighted by Gasteiger charge is 2.15. The molecule has 0 aliphatic heterocycles. The van der Waals surface area contributed by atoms with E-state index in [-0.39, 0.29) is 17.6 Å². The summed E-state index contributed by atoms with van der Waals surface area (Å²) in [6.07, 6.45) is 4.78. The number of carbonyl (C=O) groups excluding carboxylic acids is 2. The lowest BCUT2D eigenvalue weighted by atomic mass is 10.2. The Labute approximate surface area is 138 Å². The average molecular weight is 324 g/mol. The van der Waals surface area contributed by atoms with Gasteiger partial charge < -0.3 is 15.1 Å². The van der Waals surface area contributed by atoms with Crippen LogP contribution in [0.2, 0.25) is 0 Å². The van der Waals surface area contributed by atoms with E-state index in [4.69, 9.17) is 4.42 Å². The Kier molecular flexibility index (Phi) is 4.42. The summed E-state index contributed by atoms with van der Waals surface area (Å²) < 4.78 is 6.61. The molecular formula is C17H16N4O3. The third-order valence-electron chi connectivity index (χ3n) is 3.43. The van der Waals surface area contributed by atoms with Gasteiger partial charge in [-0.05, 0) is 43.3 Å². The average Bonchev–Trinajstić information content (AvgIpc) is 3.28. The Balaban J connectivity index is 1.67. The summed E-state index contributed by atoms with van der Waals surface area (Å²) in [5.41, 5.74) is 1.14. The molecule has 122 valence electrons.